The number of rotatable bonds is 6. The first-order valence-corrected chi connectivity index (χ1v) is 10.1. The molecule has 2 rings (SSSR count). The van der Waals surface area contributed by atoms with Crippen molar-refractivity contribution in [2.45, 2.75) is 56.8 Å². The zero-order valence-electron chi connectivity index (χ0n) is 15.8. The molecule has 1 aliphatic rings. The average molecular weight is 399 g/mol. The lowest BCUT2D eigenvalue weighted by molar-refractivity contribution is -0.168. The molecule has 0 aromatic heterocycles. The number of methoxy groups -OCH3 is 1. The van der Waals surface area contributed by atoms with Crippen LogP contribution in [0, 0.1) is 13.8 Å². The van der Waals surface area contributed by atoms with Crippen molar-refractivity contribution in [2.24, 2.45) is 0 Å². The zero-order valence-corrected chi connectivity index (χ0v) is 16.7. The Balaban J connectivity index is 2.30. The highest BCUT2D eigenvalue weighted by atomic mass is 32.2. The van der Waals surface area contributed by atoms with Crippen molar-refractivity contribution < 1.29 is 32.6 Å². The molecule has 3 atom stereocenters. The lowest BCUT2D eigenvalue weighted by Gasteiger charge is -2.24. The molecule has 0 aliphatic carbocycles. The van der Waals surface area contributed by atoms with Gasteiger partial charge in [0.2, 0.25) is 10.0 Å². The summed E-state index contributed by atoms with van der Waals surface area (Å²) in [4.78, 5) is 24.2. The lowest BCUT2D eigenvalue weighted by atomic mass is 10.1. The van der Waals surface area contributed by atoms with Crippen LogP contribution in [0.4, 0.5) is 0 Å². The number of hydrogen-bond acceptors (Lipinski definition) is 7. The van der Waals surface area contributed by atoms with Gasteiger partial charge in [-0.05, 0) is 43.5 Å². The van der Waals surface area contributed by atoms with Gasteiger partial charge in [-0.25, -0.2) is 13.2 Å². The van der Waals surface area contributed by atoms with Gasteiger partial charge in [-0.3, -0.25) is 4.79 Å². The Morgan fingerprint density at radius 3 is 2.52 bits per heavy atom. The highest BCUT2D eigenvalue weighted by molar-refractivity contribution is 7.89. The molecule has 0 saturated carbocycles. The monoisotopic (exact) mass is 399 g/mol. The second-order valence-electron chi connectivity index (χ2n) is 6.58. The quantitative estimate of drug-likeness (QED) is 0.708. The Labute approximate surface area is 159 Å². The van der Waals surface area contributed by atoms with E-state index in [1.54, 1.807) is 19.9 Å². The third-order valence-electron chi connectivity index (χ3n) is 4.68. The maximum atomic E-state index is 13.0. The van der Waals surface area contributed by atoms with E-state index in [9.17, 15) is 23.1 Å². The normalized spacial score (nSPS) is 21.7. The number of β-amino-alcohol motifs (C(OH)–C–C–N with tert-alkyl or cyclic N) is 1. The SMILES string of the molecule is CC[C@H](OC(=O)[C@@H]1C[C@@H](O)CN1S(=O)(=O)c1ccc(C)c(C)c1)C(=O)OC. The van der Waals surface area contributed by atoms with Crippen LogP contribution >= 0.6 is 0 Å². The van der Waals surface area contributed by atoms with Crippen LogP contribution < -0.4 is 0 Å². The summed E-state index contributed by atoms with van der Waals surface area (Å²) in [6.07, 6.45) is -2.02. The molecule has 1 aromatic rings. The van der Waals surface area contributed by atoms with Crippen molar-refractivity contribution >= 4 is 22.0 Å². The Morgan fingerprint density at radius 1 is 1.30 bits per heavy atom. The van der Waals surface area contributed by atoms with Crippen LogP contribution in [0.1, 0.15) is 30.9 Å². The standard InChI is InChI=1S/C18H25NO7S/c1-5-16(18(22)25-4)26-17(21)15-9-13(20)10-19(15)27(23,24)14-7-6-11(2)12(3)8-14/h6-8,13,15-16,20H,5,9-10H2,1-4H3/t13-,15+,16+/m1/s1. The fraction of sp³-hybridized carbons (Fsp3) is 0.556. The van der Waals surface area contributed by atoms with Crippen LogP contribution in [-0.4, -0.2) is 61.7 Å². The van der Waals surface area contributed by atoms with E-state index in [2.05, 4.69) is 4.74 Å². The number of hydrogen-bond donors (Lipinski definition) is 1. The maximum absolute atomic E-state index is 13.0. The summed E-state index contributed by atoms with van der Waals surface area (Å²) in [6.45, 7) is 5.08. The third kappa shape index (κ3) is 4.48. The Kier molecular flexibility index (Phi) is 6.61. The summed E-state index contributed by atoms with van der Waals surface area (Å²) in [5.41, 5.74) is 1.74. The van der Waals surface area contributed by atoms with E-state index in [1.807, 2.05) is 6.92 Å². The molecule has 1 heterocycles. The van der Waals surface area contributed by atoms with Gasteiger partial charge in [0.15, 0.2) is 6.10 Å². The van der Waals surface area contributed by atoms with E-state index in [1.165, 1.54) is 19.2 Å². The first-order valence-electron chi connectivity index (χ1n) is 8.67. The Hall–Kier alpha value is -1.97. The molecule has 1 aliphatic heterocycles. The molecular weight excluding hydrogens is 374 g/mol. The number of nitrogens with zero attached hydrogens (tertiary/aromatic N) is 1. The molecule has 1 fully saturated rings. The number of aliphatic hydroxyl groups is 1. The van der Waals surface area contributed by atoms with Gasteiger partial charge in [0.1, 0.15) is 6.04 Å². The van der Waals surface area contributed by atoms with Crippen LogP contribution in [0.15, 0.2) is 23.1 Å². The molecule has 1 aromatic carbocycles. The van der Waals surface area contributed by atoms with Gasteiger partial charge >= 0.3 is 11.9 Å². The van der Waals surface area contributed by atoms with Crippen molar-refractivity contribution in [2.75, 3.05) is 13.7 Å². The number of esters is 2. The molecule has 1 saturated heterocycles. The minimum atomic E-state index is -4.02. The van der Waals surface area contributed by atoms with Gasteiger partial charge in [0.05, 0.1) is 18.1 Å². The van der Waals surface area contributed by atoms with Crippen LogP contribution in [-0.2, 0) is 29.1 Å². The molecule has 0 radical (unpaired) electrons. The summed E-state index contributed by atoms with van der Waals surface area (Å²) in [7, 11) is -2.84. The van der Waals surface area contributed by atoms with Crippen molar-refractivity contribution in [1.29, 1.82) is 0 Å². The molecular formula is C18H25NO7S. The smallest absolute Gasteiger partial charge is 0.347 e. The van der Waals surface area contributed by atoms with E-state index < -0.39 is 40.2 Å². The van der Waals surface area contributed by atoms with Gasteiger partial charge in [0, 0.05) is 13.0 Å². The summed E-state index contributed by atoms with van der Waals surface area (Å²) >= 11 is 0. The largest absolute Gasteiger partial charge is 0.466 e. The van der Waals surface area contributed by atoms with E-state index in [-0.39, 0.29) is 24.3 Å². The van der Waals surface area contributed by atoms with Crippen molar-refractivity contribution in [3.05, 3.63) is 29.3 Å². The predicted octanol–water partition coefficient (Wildman–Crippen LogP) is 0.922. The van der Waals surface area contributed by atoms with Gasteiger partial charge in [-0.1, -0.05) is 13.0 Å². The molecule has 8 nitrogen and oxygen atoms in total. The fourth-order valence-electron chi connectivity index (χ4n) is 2.92. The highest BCUT2D eigenvalue weighted by Crippen LogP contribution is 2.28. The van der Waals surface area contributed by atoms with Crippen LogP contribution in [0.5, 0.6) is 0 Å². The minimum Gasteiger partial charge on any atom is -0.466 e. The lowest BCUT2D eigenvalue weighted by Crippen LogP contribution is -2.43. The van der Waals surface area contributed by atoms with Crippen LogP contribution in [0.25, 0.3) is 0 Å². The zero-order chi connectivity index (χ0) is 20.4. The molecule has 0 bridgehead atoms. The Morgan fingerprint density at radius 2 is 1.96 bits per heavy atom. The first kappa shape index (κ1) is 21.3. The number of carbonyl (C=O) groups is 2. The molecule has 1 N–H and O–H groups in total. The van der Waals surface area contributed by atoms with E-state index in [4.69, 9.17) is 4.74 Å². The summed E-state index contributed by atoms with van der Waals surface area (Å²) in [5, 5.41) is 9.97. The average Bonchev–Trinajstić information content (AvgIpc) is 3.03. The maximum Gasteiger partial charge on any atom is 0.347 e. The van der Waals surface area contributed by atoms with Crippen LogP contribution in [0.3, 0.4) is 0 Å². The first-order chi connectivity index (χ1) is 12.6. The second-order valence-corrected chi connectivity index (χ2v) is 8.47. The summed E-state index contributed by atoms with van der Waals surface area (Å²) < 4.78 is 36.7. The molecule has 0 unspecified atom stereocenters. The number of aliphatic hydroxyl groups excluding tert-OH is 1. The number of aryl methyl sites for hydroxylation is 2. The minimum absolute atomic E-state index is 0.0394. The topological polar surface area (TPSA) is 110 Å². The van der Waals surface area contributed by atoms with Crippen LogP contribution in [0.2, 0.25) is 0 Å². The number of benzene rings is 1. The van der Waals surface area contributed by atoms with Gasteiger partial charge in [-0.15, -0.1) is 0 Å². The molecule has 150 valence electrons. The van der Waals surface area contributed by atoms with E-state index in [0.29, 0.717) is 0 Å². The summed E-state index contributed by atoms with van der Waals surface area (Å²) in [5.74, 6) is -1.59. The van der Waals surface area contributed by atoms with Crippen molar-refractivity contribution in [3.8, 4) is 0 Å². The number of ether oxygens (including phenoxy) is 2. The molecule has 0 spiro atoms. The number of sulfonamides is 1. The van der Waals surface area contributed by atoms with E-state index in [0.717, 1.165) is 15.4 Å². The predicted molar refractivity (Wildman–Crippen MR) is 96.4 cm³/mol. The molecule has 27 heavy (non-hydrogen) atoms. The Bertz CT molecular complexity index is 821. The van der Waals surface area contributed by atoms with Crippen molar-refractivity contribution in [3.63, 3.8) is 0 Å². The highest BCUT2D eigenvalue weighted by Gasteiger charge is 2.45. The third-order valence-corrected chi connectivity index (χ3v) is 6.55. The van der Waals surface area contributed by atoms with E-state index >= 15 is 0 Å². The summed E-state index contributed by atoms with van der Waals surface area (Å²) in [6, 6.07) is 3.48. The molecule has 0 amide bonds. The van der Waals surface area contributed by atoms with Gasteiger partial charge in [0.25, 0.3) is 0 Å². The van der Waals surface area contributed by atoms with Gasteiger partial charge < -0.3 is 14.6 Å². The van der Waals surface area contributed by atoms with Crippen molar-refractivity contribution in [1.82, 2.24) is 4.31 Å². The fourth-order valence-corrected chi connectivity index (χ4v) is 4.63. The molecule has 9 heteroatoms. The second kappa shape index (κ2) is 8.37. The van der Waals surface area contributed by atoms with Gasteiger partial charge in [-0.2, -0.15) is 4.31 Å². The number of carbonyl (C=O) groups excluding carboxylic acids is 2.